The lowest BCUT2D eigenvalue weighted by Gasteiger charge is -2.42. The van der Waals surface area contributed by atoms with Crippen molar-refractivity contribution < 1.29 is 18.9 Å². The fraction of sp³-hybridized carbons (Fsp3) is 0.500. The first kappa shape index (κ1) is 25.9. The van der Waals surface area contributed by atoms with Gasteiger partial charge in [-0.05, 0) is 70.4 Å². The molecule has 2 aromatic carbocycles. The summed E-state index contributed by atoms with van der Waals surface area (Å²) in [4.78, 5) is 18.6. The van der Waals surface area contributed by atoms with Gasteiger partial charge < -0.3 is 9.79 Å². The molecule has 4 nitrogen and oxygen atoms in total. The maximum absolute atomic E-state index is 11.4. The SMILES string of the molecule is CCCCC(OP(=O)(O)O)c1ccc(C=C(C)c2ccc3c(c2)C(C)(C)CCC3(C)C)cc1. The number of benzene rings is 2. The topological polar surface area (TPSA) is 66.8 Å². The predicted octanol–water partition coefficient (Wildman–Crippen LogP) is 7.94. The highest BCUT2D eigenvalue weighted by atomic mass is 31.2. The van der Waals surface area contributed by atoms with Gasteiger partial charge in [0.25, 0.3) is 0 Å². The van der Waals surface area contributed by atoms with Gasteiger partial charge in [-0.1, -0.05) is 96.0 Å². The van der Waals surface area contributed by atoms with Crippen LogP contribution in [-0.4, -0.2) is 9.79 Å². The number of hydrogen-bond donors (Lipinski definition) is 2. The summed E-state index contributed by atoms with van der Waals surface area (Å²) in [6.07, 6.45) is 6.33. The first-order valence-electron chi connectivity index (χ1n) is 12.0. The Balaban J connectivity index is 1.86. The molecule has 1 unspecified atom stereocenters. The number of fused-ring (bicyclic) bond motifs is 1. The van der Waals surface area contributed by atoms with Gasteiger partial charge in [0.2, 0.25) is 0 Å². The van der Waals surface area contributed by atoms with Crippen molar-refractivity contribution in [3.63, 3.8) is 0 Å². The number of phosphoric ester groups is 1. The molecule has 1 aliphatic rings. The molecule has 33 heavy (non-hydrogen) atoms. The average Bonchev–Trinajstić information content (AvgIpc) is 2.74. The standard InChI is InChI=1S/C28H39O4P/c1-7-8-9-26(32-33(29,30)31)22-12-10-21(11-13-22)18-20(2)23-14-15-24-25(19-23)28(5,6)17-16-27(24,3)4/h10-15,18-19,26H,7-9,16-17H2,1-6H3,(H2,29,30,31). The molecule has 3 rings (SSSR count). The fourth-order valence-electron chi connectivity index (χ4n) is 4.81. The second-order valence-electron chi connectivity index (χ2n) is 10.7. The van der Waals surface area contributed by atoms with Gasteiger partial charge in [0.1, 0.15) is 0 Å². The van der Waals surface area contributed by atoms with Crippen LogP contribution in [0.2, 0.25) is 0 Å². The molecule has 2 N–H and O–H groups in total. The van der Waals surface area contributed by atoms with Gasteiger partial charge in [0.05, 0.1) is 6.10 Å². The molecule has 1 aliphatic carbocycles. The molecular weight excluding hydrogens is 431 g/mol. The van der Waals surface area contributed by atoms with Crippen LogP contribution in [0.1, 0.15) is 108 Å². The predicted molar refractivity (Wildman–Crippen MR) is 137 cm³/mol. The van der Waals surface area contributed by atoms with Crippen LogP contribution in [0.15, 0.2) is 42.5 Å². The second-order valence-corrected chi connectivity index (χ2v) is 11.9. The summed E-state index contributed by atoms with van der Waals surface area (Å²) < 4.78 is 16.5. The fourth-order valence-corrected chi connectivity index (χ4v) is 5.37. The monoisotopic (exact) mass is 470 g/mol. The summed E-state index contributed by atoms with van der Waals surface area (Å²) in [6, 6.07) is 14.7. The highest BCUT2D eigenvalue weighted by Crippen LogP contribution is 2.46. The minimum absolute atomic E-state index is 0.176. The van der Waals surface area contributed by atoms with E-state index in [9.17, 15) is 14.4 Å². The minimum atomic E-state index is -4.54. The molecule has 0 bridgehead atoms. The smallest absolute Gasteiger partial charge is 0.303 e. The molecule has 0 saturated heterocycles. The van der Waals surface area contributed by atoms with Crippen LogP contribution in [0.3, 0.4) is 0 Å². The molecule has 2 aromatic rings. The third-order valence-corrected chi connectivity index (χ3v) is 7.61. The number of unbranched alkanes of at least 4 members (excludes halogenated alkanes) is 1. The molecule has 5 heteroatoms. The van der Waals surface area contributed by atoms with Crippen LogP contribution in [-0.2, 0) is 19.9 Å². The maximum Gasteiger partial charge on any atom is 0.470 e. The van der Waals surface area contributed by atoms with E-state index in [0.29, 0.717) is 6.42 Å². The van der Waals surface area contributed by atoms with Gasteiger partial charge in [0.15, 0.2) is 0 Å². The summed E-state index contributed by atoms with van der Waals surface area (Å²) in [5, 5.41) is 0. The number of hydrogen-bond acceptors (Lipinski definition) is 2. The van der Waals surface area contributed by atoms with Crippen LogP contribution in [0.5, 0.6) is 0 Å². The van der Waals surface area contributed by atoms with Crippen molar-refractivity contribution in [2.75, 3.05) is 0 Å². The molecular formula is C28H39O4P. The molecule has 1 atom stereocenters. The summed E-state index contributed by atoms with van der Waals surface area (Å²) in [5.74, 6) is 0. The minimum Gasteiger partial charge on any atom is -0.303 e. The molecule has 0 aliphatic heterocycles. The van der Waals surface area contributed by atoms with E-state index in [1.165, 1.54) is 35.1 Å². The van der Waals surface area contributed by atoms with Crippen molar-refractivity contribution in [3.05, 3.63) is 70.3 Å². The first-order valence-corrected chi connectivity index (χ1v) is 13.5. The van der Waals surface area contributed by atoms with Crippen LogP contribution >= 0.6 is 7.82 Å². The van der Waals surface area contributed by atoms with Crippen molar-refractivity contribution in [2.24, 2.45) is 0 Å². The molecule has 0 aromatic heterocycles. The van der Waals surface area contributed by atoms with E-state index in [0.717, 1.165) is 24.0 Å². The van der Waals surface area contributed by atoms with Crippen LogP contribution in [0.4, 0.5) is 0 Å². The largest absolute Gasteiger partial charge is 0.470 e. The van der Waals surface area contributed by atoms with E-state index in [2.05, 4.69) is 58.9 Å². The average molecular weight is 471 g/mol. The van der Waals surface area contributed by atoms with Crippen molar-refractivity contribution in [2.45, 2.75) is 90.6 Å². The molecule has 0 amide bonds. The lowest BCUT2D eigenvalue weighted by atomic mass is 9.63. The van der Waals surface area contributed by atoms with Crippen molar-refractivity contribution >= 4 is 19.5 Å². The molecule has 0 radical (unpaired) electrons. The lowest BCUT2D eigenvalue weighted by molar-refractivity contribution is 0.125. The summed E-state index contributed by atoms with van der Waals surface area (Å²) in [7, 11) is -4.54. The number of allylic oxidation sites excluding steroid dienone is 1. The lowest BCUT2D eigenvalue weighted by Crippen LogP contribution is -2.33. The second kappa shape index (κ2) is 9.88. The Morgan fingerprint density at radius 3 is 2.21 bits per heavy atom. The summed E-state index contributed by atoms with van der Waals surface area (Å²) >= 11 is 0. The Kier molecular flexibility index (Phi) is 7.75. The number of phosphoric acid groups is 1. The van der Waals surface area contributed by atoms with Gasteiger partial charge in [-0.25, -0.2) is 4.57 Å². The van der Waals surface area contributed by atoms with E-state index >= 15 is 0 Å². The Labute approximate surface area is 199 Å². The van der Waals surface area contributed by atoms with Gasteiger partial charge in [-0.3, -0.25) is 4.52 Å². The third kappa shape index (κ3) is 6.45. The Morgan fingerprint density at radius 2 is 1.64 bits per heavy atom. The van der Waals surface area contributed by atoms with E-state index in [-0.39, 0.29) is 10.8 Å². The summed E-state index contributed by atoms with van der Waals surface area (Å²) in [6.45, 7) is 13.6. The van der Waals surface area contributed by atoms with Crippen molar-refractivity contribution in [3.8, 4) is 0 Å². The van der Waals surface area contributed by atoms with E-state index in [1.807, 2.05) is 31.2 Å². The Hall–Kier alpha value is -1.71. The van der Waals surface area contributed by atoms with Crippen LogP contribution < -0.4 is 0 Å². The van der Waals surface area contributed by atoms with E-state index in [1.54, 1.807) is 0 Å². The molecule has 0 heterocycles. The van der Waals surface area contributed by atoms with Crippen LogP contribution in [0, 0.1) is 0 Å². The molecule has 0 saturated carbocycles. The quantitative estimate of drug-likeness (QED) is 0.304. The van der Waals surface area contributed by atoms with Crippen molar-refractivity contribution in [1.29, 1.82) is 0 Å². The zero-order chi connectivity index (χ0) is 24.4. The van der Waals surface area contributed by atoms with Crippen molar-refractivity contribution in [1.82, 2.24) is 0 Å². The van der Waals surface area contributed by atoms with Gasteiger partial charge >= 0.3 is 7.82 Å². The molecule has 0 spiro atoms. The normalized spacial score (nSPS) is 18.6. The third-order valence-electron chi connectivity index (χ3n) is 7.08. The highest BCUT2D eigenvalue weighted by Gasteiger charge is 2.36. The zero-order valence-corrected chi connectivity index (χ0v) is 21.8. The summed E-state index contributed by atoms with van der Waals surface area (Å²) in [5.41, 5.74) is 7.57. The Morgan fingerprint density at radius 1 is 1.03 bits per heavy atom. The zero-order valence-electron chi connectivity index (χ0n) is 20.9. The first-order chi connectivity index (χ1) is 15.3. The van der Waals surface area contributed by atoms with Crippen LogP contribution in [0.25, 0.3) is 11.6 Å². The molecule has 180 valence electrons. The highest BCUT2D eigenvalue weighted by molar-refractivity contribution is 7.46. The van der Waals surface area contributed by atoms with Gasteiger partial charge in [0, 0.05) is 0 Å². The maximum atomic E-state index is 11.4. The van der Waals surface area contributed by atoms with Gasteiger partial charge in [-0.15, -0.1) is 0 Å². The van der Waals surface area contributed by atoms with E-state index in [4.69, 9.17) is 4.52 Å². The molecule has 0 fully saturated rings. The van der Waals surface area contributed by atoms with Gasteiger partial charge in [-0.2, -0.15) is 0 Å². The number of rotatable bonds is 8. The van der Waals surface area contributed by atoms with E-state index < -0.39 is 13.9 Å². The Bertz CT molecular complexity index is 1040.